The first-order valence-electron chi connectivity index (χ1n) is 6.63. The van der Waals surface area contributed by atoms with Crippen LogP contribution in [0.25, 0.3) is 0 Å². The molecule has 1 amide bonds. The Bertz CT molecular complexity index is 431. The summed E-state index contributed by atoms with van der Waals surface area (Å²) >= 11 is 0. The molecule has 0 saturated carbocycles. The summed E-state index contributed by atoms with van der Waals surface area (Å²) < 4.78 is 11.9. The summed E-state index contributed by atoms with van der Waals surface area (Å²) in [7, 11) is 5.08. The second-order valence-corrected chi connectivity index (χ2v) is 4.47. The van der Waals surface area contributed by atoms with E-state index >= 15 is 0 Å². The first-order valence-corrected chi connectivity index (χ1v) is 6.63. The third kappa shape index (κ3) is 4.82. The Balaban J connectivity index is 2.29. The lowest BCUT2D eigenvalue weighted by Crippen LogP contribution is -2.30. The summed E-state index contributed by atoms with van der Waals surface area (Å²) in [4.78, 5) is 11.5. The first kappa shape index (κ1) is 16.5. The fourth-order valence-electron chi connectivity index (χ4n) is 1.94. The van der Waals surface area contributed by atoms with Crippen LogP contribution in [-0.2, 0) is 23.1 Å². The lowest BCUT2D eigenvalue weighted by molar-refractivity contribution is -0.121. The van der Waals surface area contributed by atoms with Gasteiger partial charge >= 0.3 is 0 Å². The number of ether oxygens (including phenoxy) is 2. The molecule has 1 aromatic heterocycles. The fraction of sp³-hybridized carbons (Fsp3) is 0.692. The normalized spacial score (nSPS) is 10.6. The topological polar surface area (TPSA) is 77.4 Å². The van der Waals surface area contributed by atoms with Gasteiger partial charge in [0.1, 0.15) is 0 Å². The molecule has 0 aliphatic heterocycles. The van der Waals surface area contributed by atoms with E-state index in [0.29, 0.717) is 32.7 Å². The van der Waals surface area contributed by atoms with Gasteiger partial charge in [0.25, 0.3) is 0 Å². The average Bonchev–Trinajstić information content (AvgIpc) is 2.69. The molecule has 1 heterocycles. The summed E-state index contributed by atoms with van der Waals surface area (Å²) in [5, 5.41) is 10.3. The molecule has 0 spiro atoms. The predicted octanol–water partition coefficient (Wildman–Crippen LogP) is -0.0206. The Kier molecular flexibility index (Phi) is 7.03. The zero-order chi connectivity index (χ0) is 15.0. The number of aryl methyl sites for hydroxylation is 2. The van der Waals surface area contributed by atoms with Crippen molar-refractivity contribution >= 4 is 5.91 Å². The third-order valence-electron chi connectivity index (χ3n) is 2.94. The number of nitrogens with zero attached hydrogens (tertiary/aromatic N) is 2. The maximum absolute atomic E-state index is 11.5. The predicted molar refractivity (Wildman–Crippen MR) is 75.7 cm³/mol. The van der Waals surface area contributed by atoms with Crippen LogP contribution in [0.4, 0.5) is 0 Å². The van der Waals surface area contributed by atoms with E-state index in [4.69, 9.17) is 9.47 Å². The van der Waals surface area contributed by atoms with Crippen molar-refractivity contribution < 1.29 is 14.3 Å². The van der Waals surface area contributed by atoms with Crippen LogP contribution >= 0.6 is 0 Å². The number of hydrogen-bond acceptors (Lipinski definition) is 5. The molecule has 0 aromatic carbocycles. The number of amides is 1. The second kappa shape index (κ2) is 8.55. The summed E-state index contributed by atoms with van der Waals surface area (Å²) in [5.74, 6) is 0.768. The molecule has 0 bridgehead atoms. The summed E-state index contributed by atoms with van der Waals surface area (Å²) in [5.41, 5.74) is 1.95. The van der Waals surface area contributed by atoms with Crippen molar-refractivity contribution in [1.82, 2.24) is 20.4 Å². The highest BCUT2D eigenvalue weighted by Crippen LogP contribution is 2.20. The number of methoxy groups -OCH3 is 2. The van der Waals surface area contributed by atoms with Gasteiger partial charge in [0.05, 0.1) is 25.0 Å². The third-order valence-corrected chi connectivity index (χ3v) is 2.94. The molecular formula is C13H24N4O3. The molecule has 0 atom stereocenters. The van der Waals surface area contributed by atoms with Crippen molar-refractivity contribution in [3.05, 3.63) is 11.3 Å². The quantitative estimate of drug-likeness (QED) is 0.623. The van der Waals surface area contributed by atoms with Crippen molar-refractivity contribution in [2.24, 2.45) is 7.05 Å². The Morgan fingerprint density at radius 2 is 2.10 bits per heavy atom. The molecule has 7 heteroatoms. The van der Waals surface area contributed by atoms with Crippen LogP contribution in [0, 0.1) is 6.92 Å². The minimum Gasteiger partial charge on any atom is -0.481 e. The van der Waals surface area contributed by atoms with E-state index < -0.39 is 0 Å². The van der Waals surface area contributed by atoms with Crippen LogP contribution in [0.15, 0.2) is 0 Å². The van der Waals surface area contributed by atoms with Crippen LogP contribution in [0.5, 0.6) is 5.88 Å². The van der Waals surface area contributed by atoms with Gasteiger partial charge in [0.2, 0.25) is 11.8 Å². The maximum atomic E-state index is 11.5. The molecule has 0 saturated heterocycles. The summed E-state index contributed by atoms with van der Waals surface area (Å²) in [6, 6.07) is 0. The van der Waals surface area contributed by atoms with E-state index in [1.165, 1.54) is 0 Å². The highest BCUT2D eigenvalue weighted by Gasteiger charge is 2.13. The first-order chi connectivity index (χ1) is 9.60. The number of hydrogen-bond donors (Lipinski definition) is 2. The van der Waals surface area contributed by atoms with E-state index in [1.54, 1.807) is 18.9 Å². The van der Waals surface area contributed by atoms with Crippen molar-refractivity contribution in [2.45, 2.75) is 19.9 Å². The molecule has 2 N–H and O–H groups in total. The smallest absolute Gasteiger partial charge is 0.221 e. The van der Waals surface area contributed by atoms with Gasteiger partial charge in [-0.15, -0.1) is 0 Å². The summed E-state index contributed by atoms with van der Waals surface area (Å²) in [6.45, 7) is 4.26. The Hall–Kier alpha value is -1.60. The highest BCUT2D eigenvalue weighted by atomic mass is 16.5. The minimum atomic E-state index is 0.0180. The molecule has 114 valence electrons. The molecule has 7 nitrogen and oxygen atoms in total. The minimum absolute atomic E-state index is 0.0180. The second-order valence-electron chi connectivity index (χ2n) is 4.47. The van der Waals surface area contributed by atoms with Crippen molar-refractivity contribution in [1.29, 1.82) is 0 Å². The van der Waals surface area contributed by atoms with Crippen molar-refractivity contribution in [2.75, 3.05) is 33.9 Å². The fourth-order valence-corrected chi connectivity index (χ4v) is 1.94. The van der Waals surface area contributed by atoms with E-state index in [1.807, 2.05) is 14.0 Å². The Morgan fingerprint density at radius 1 is 1.35 bits per heavy atom. The van der Waals surface area contributed by atoms with E-state index in [-0.39, 0.29) is 5.91 Å². The molecule has 0 unspecified atom stereocenters. The van der Waals surface area contributed by atoms with Crippen LogP contribution < -0.4 is 15.4 Å². The number of carbonyl (C=O) groups is 1. The SMILES string of the molecule is COCCNC(=O)CCNCc1c(C)nn(C)c1OC. The van der Waals surface area contributed by atoms with E-state index in [0.717, 1.165) is 17.1 Å². The van der Waals surface area contributed by atoms with Crippen LogP contribution in [0.3, 0.4) is 0 Å². The number of rotatable bonds is 9. The molecule has 20 heavy (non-hydrogen) atoms. The van der Waals surface area contributed by atoms with Gasteiger partial charge in [0, 0.05) is 40.2 Å². The maximum Gasteiger partial charge on any atom is 0.221 e. The number of aromatic nitrogens is 2. The van der Waals surface area contributed by atoms with Gasteiger partial charge in [-0.25, -0.2) is 4.68 Å². The van der Waals surface area contributed by atoms with E-state index in [2.05, 4.69) is 15.7 Å². The molecule has 0 fully saturated rings. The van der Waals surface area contributed by atoms with Crippen molar-refractivity contribution in [3.63, 3.8) is 0 Å². The molecule has 1 aromatic rings. The van der Waals surface area contributed by atoms with Crippen LogP contribution in [-0.4, -0.2) is 49.6 Å². The monoisotopic (exact) mass is 284 g/mol. The van der Waals surface area contributed by atoms with Gasteiger partial charge in [-0.05, 0) is 6.92 Å². The average molecular weight is 284 g/mol. The standard InChI is InChI=1S/C13H24N4O3/c1-10-11(13(20-4)17(2)16-10)9-14-6-5-12(18)15-7-8-19-3/h14H,5-9H2,1-4H3,(H,15,18). The number of carbonyl (C=O) groups excluding carboxylic acids is 1. The largest absolute Gasteiger partial charge is 0.481 e. The van der Waals surface area contributed by atoms with E-state index in [9.17, 15) is 4.79 Å². The highest BCUT2D eigenvalue weighted by molar-refractivity contribution is 5.76. The van der Waals surface area contributed by atoms with Gasteiger partial charge in [-0.2, -0.15) is 5.10 Å². The van der Waals surface area contributed by atoms with Crippen molar-refractivity contribution in [3.8, 4) is 5.88 Å². The van der Waals surface area contributed by atoms with Gasteiger partial charge in [0.15, 0.2) is 0 Å². The number of nitrogens with one attached hydrogen (secondary N) is 2. The lowest BCUT2D eigenvalue weighted by atomic mass is 10.2. The molecular weight excluding hydrogens is 260 g/mol. The van der Waals surface area contributed by atoms with Crippen LogP contribution in [0.2, 0.25) is 0 Å². The van der Waals surface area contributed by atoms with Gasteiger partial charge in [-0.3, -0.25) is 4.79 Å². The molecule has 0 radical (unpaired) electrons. The zero-order valence-electron chi connectivity index (χ0n) is 12.7. The zero-order valence-corrected chi connectivity index (χ0v) is 12.7. The Labute approximate surface area is 119 Å². The van der Waals surface area contributed by atoms with Gasteiger partial charge in [-0.1, -0.05) is 0 Å². The van der Waals surface area contributed by atoms with Gasteiger partial charge < -0.3 is 20.1 Å². The molecule has 0 aliphatic rings. The summed E-state index contributed by atoms with van der Waals surface area (Å²) in [6.07, 6.45) is 0.436. The van der Waals surface area contributed by atoms with Crippen LogP contribution in [0.1, 0.15) is 17.7 Å². The molecule has 0 aliphatic carbocycles. The lowest BCUT2D eigenvalue weighted by Gasteiger charge is -2.07. The molecule has 1 rings (SSSR count). The Morgan fingerprint density at radius 3 is 2.75 bits per heavy atom.